The molecule has 1 aromatic carbocycles. The summed E-state index contributed by atoms with van der Waals surface area (Å²) in [5.41, 5.74) is 0.929. The summed E-state index contributed by atoms with van der Waals surface area (Å²) < 4.78 is 37.9. The van der Waals surface area contributed by atoms with Gasteiger partial charge in [0.05, 0.1) is 16.9 Å². The van der Waals surface area contributed by atoms with Crippen LogP contribution in [0, 0.1) is 5.92 Å². The largest absolute Gasteiger partial charge is 0.416 e. The van der Waals surface area contributed by atoms with Crippen molar-refractivity contribution < 1.29 is 13.2 Å². The maximum atomic E-state index is 12.6. The number of nitrogens with zero attached hydrogens (tertiary/aromatic N) is 1. The first-order valence-electron chi connectivity index (χ1n) is 6.18. The van der Waals surface area contributed by atoms with E-state index in [9.17, 15) is 13.2 Å². The lowest BCUT2D eigenvalue weighted by molar-refractivity contribution is -0.137. The van der Waals surface area contributed by atoms with Gasteiger partial charge in [0.15, 0.2) is 0 Å². The molecule has 0 spiro atoms. The summed E-state index contributed by atoms with van der Waals surface area (Å²) in [7, 11) is 0. The van der Waals surface area contributed by atoms with Crippen LogP contribution in [0.5, 0.6) is 0 Å². The first-order chi connectivity index (χ1) is 8.47. The summed E-state index contributed by atoms with van der Waals surface area (Å²) in [4.78, 5) is 2.23. The number of anilines is 2. The van der Waals surface area contributed by atoms with Crippen LogP contribution in [0.15, 0.2) is 18.2 Å². The van der Waals surface area contributed by atoms with Crippen molar-refractivity contribution in [2.45, 2.75) is 25.6 Å². The van der Waals surface area contributed by atoms with Gasteiger partial charge in [-0.3, -0.25) is 0 Å². The van der Waals surface area contributed by atoms with Crippen LogP contribution in [0.4, 0.5) is 24.5 Å². The van der Waals surface area contributed by atoms with Crippen LogP contribution in [0.2, 0.25) is 0 Å². The lowest BCUT2D eigenvalue weighted by Gasteiger charge is -2.36. The molecule has 2 aliphatic rings. The Kier molecular flexibility index (Phi) is 2.47. The average Bonchev–Trinajstić information content (AvgIpc) is 2.69. The maximum Gasteiger partial charge on any atom is 0.416 e. The fourth-order valence-electron chi connectivity index (χ4n) is 2.94. The normalized spacial score (nSPS) is 26.6. The zero-order valence-electron chi connectivity index (χ0n) is 10.1. The van der Waals surface area contributed by atoms with Gasteiger partial charge in [0, 0.05) is 19.1 Å². The summed E-state index contributed by atoms with van der Waals surface area (Å²) in [6, 6.07) is 4.39. The third kappa shape index (κ3) is 1.72. The SMILES string of the molecule is CC1CCN2c3ccc(C(F)(F)F)cc3NCC12. The van der Waals surface area contributed by atoms with Crippen LogP contribution in [0.3, 0.4) is 0 Å². The summed E-state index contributed by atoms with van der Waals surface area (Å²) in [6.45, 7) is 3.86. The van der Waals surface area contributed by atoms with Crippen LogP contribution in [-0.4, -0.2) is 19.1 Å². The highest BCUT2D eigenvalue weighted by molar-refractivity contribution is 5.74. The first kappa shape index (κ1) is 11.7. The van der Waals surface area contributed by atoms with E-state index in [4.69, 9.17) is 0 Å². The van der Waals surface area contributed by atoms with E-state index in [1.807, 2.05) is 0 Å². The van der Waals surface area contributed by atoms with Crippen molar-refractivity contribution in [3.63, 3.8) is 0 Å². The van der Waals surface area contributed by atoms with Gasteiger partial charge in [0.2, 0.25) is 0 Å². The van der Waals surface area contributed by atoms with Crippen molar-refractivity contribution in [2.24, 2.45) is 5.92 Å². The lowest BCUT2D eigenvalue weighted by Crippen LogP contribution is -2.41. The molecule has 0 aromatic heterocycles. The van der Waals surface area contributed by atoms with Crippen molar-refractivity contribution in [3.8, 4) is 0 Å². The Balaban J connectivity index is 1.98. The average molecular weight is 256 g/mol. The van der Waals surface area contributed by atoms with E-state index in [0.717, 1.165) is 25.2 Å². The number of fused-ring (bicyclic) bond motifs is 3. The molecule has 3 rings (SSSR count). The smallest absolute Gasteiger partial charge is 0.381 e. The molecule has 98 valence electrons. The van der Waals surface area contributed by atoms with E-state index < -0.39 is 11.7 Å². The second-order valence-corrected chi connectivity index (χ2v) is 5.14. The third-order valence-electron chi connectivity index (χ3n) is 4.02. The Morgan fingerprint density at radius 1 is 1.33 bits per heavy atom. The highest BCUT2D eigenvalue weighted by Crippen LogP contribution is 2.41. The van der Waals surface area contributed by atoms with Gasteiger partial charge in [-0.05, 0) is 30.5 Å². The van der Waals surface area contributed by atoms with Crippen molar-refractivity contribution >= 4 is 11.4 Å². The summed E-state index contributed by atoms with van der Waals surface area (Å²) in [5.74, 6) is 0.591. The Labute approximate surface area is 104 Å². The van der Waals surface area contributed by atoms with E-state index in [2.05, 4.69) is 17.1 Å². The molecule has 2 heterocycles. The molecule has 1 aromatic rings. The van der Waals surface area contributed by atoms with Gasteiger partial charge in [-0.1, -0.05) is 6.92 Å². The quantitative estimate of drug-likeness (QED) is 0.765. The van der Waals surface area contributed by atoms with Crippen LogP contribution in [0.1, 0.15) is 18.9 Å². The summed E-state index contributed by atoms with van der Waals surface area (Å²) >= 11 is 0. The molecular weight excluding hydrogens is 241 g/mol. The number of nitrogens with one attached hydrogen (secondary N) is 1. The molecule has 2 unspecified atom stereocenters. The second kappa shape index (κ2) is 3.80. The Bertz CT molecular complexity index is 470. The van der Waals surface area contributed by atoms with E-state index in [1.165, 1.54) is 12.1 Å². The van der Waals surface area contributed by atoms with Gasteiger partial charge >= 0.3 is 6.18 Å². The Morgan fingerprint density at radius 2 is 2.11 bits per heavy atom. The predicted molar refractivity (Wildman–Crippen MR) is 64.8 cm³/mol. The van der Waals surface area contributed by atoms with Crippen LogP contribution in [-0.2, 0) is 6.18 Å². The molecule has 0 bridgehead atoms. The molecule has 0 saturated carbocycles. The number of benzene rings is 1. The standard InChI is InChI=1S/C13H15F3N2/c1-8-4-5-18-11-3-2-9(13(14,15)16)6-10(11)17-7-12(8)18/h2-3,6,8,12,17H,4-5,7H2,1H3. The lowest BCUT2D eigenvalue weighted by atomic mass is 10.0. The number of halogens is 3. The zero-order chi connectivity index (χ0) is 12.9. The van der Waals surface area contributed by atoms with E-state index in [1.54, 1.807) is 6.07 Å². The minimum atomic E-state index is -4.27. The number of alkyl halides is 3. The molecule has 0 aliphatic carbocycles. The van der Waals surface area contributed by atoms with E-state index in [-0.39, 0.29) is 0 Å². The molecule has 1 saturated heterocycles. The number of hydrogen-bond donors (Lipinski definition) is 1. The molecule has 2 nitrogen and oxygen atoms in total. The molecular formula is C13H15F3N2. The third-order valence-corrected chi connectivity index (χ3v) is 4.02. The minimum Gasteiger partial charge on any atom is -0.381 e. The van der Waals surface area contributed by atoms with Gasteiger partial charge in [-0.25, -0.2) is 0 Å². The van der Waals surface area contributed by atoms with E-state index in [0.29, 0.717) is 17.6 Å². The molecule has 18 heavy (non-hydrogen) atoms. The minimum absolute atomic E-state index is 0.411. The predicted octanol–water partition coefficient (Wildman–Crippen LogP) is 3.35. The highest BCUT2D eigenvalue weighted by atomic mass is 19.4. The molecule has 5 heteroatoms. The summed E-state index contributed by atoms with van der Waals surface area (Å²) in [5, 5.41) is 3.14. The monoisotopic (exact) mass is 256 g/mol. The number of rotatable bonds is 0. The molecule has 1 N–H and O–H groups in total. The fraction of sp³-hybridized carbons (Fsp3) is 0.538. The molecule has 2 aliphatic heterocycles. The van der Waals surface area contributed by atoms with Crippen molar-refractivity contribution in [3.05, 3.63) is 23.8 Å². The Hall–Kier alpha value is -1.39. The van der Waals surface area contributed by atoms with Gasteiger partial charge < -0.3 is 10.2 Å². The zero-order valence-corrected chi connectivity index (χ0v) is 10.1. The first-order valence-corrected chi connectivity index (χ1v) is 6.18. The molecule has 0 amide bonds. The van der Waals surface area contributed by atoms with E-state index >= 15 is 0 Å². The van der Waals surface area contributed by atoms with Crippen molar-refractivity contribution in [1.29, 1.82) is 0 Å². The van der Waals surface area contributed by atoms with Crippen LogP contribution < -0.4 is 10.2 Å². The van der Waals surface area contributed by atoms with Crippen molar-refractivity contribution in [2.75, 3.05) is 23.3 Å². The number of hydrogen-bond acceptors (Lipinski definition) is 2. The fourth-order valence-corrected chi connectivity index (χ4v) is 2.94. The van der Waals surface area contributed by atoms with Crippen molar-refractivity contribution in [1.82, 2.24) is 0 Å². The molecule has 1 fully saturated rings. The topological polar surface area (TPSA) is 15.3 Å². The van der Waals surface area contributed by atoms with Crippen LogP contribution >= 0.6 is 0 Å². The van der Waals surface area contributed by atoms with Gasteiger partial charge in [0.25, 0.3) is 0 Å². The molecule has 2 atom stereocenters. The van der Waals surface area contributed by atoms with Crippen LogP contribution in [0.25, 0.3) is 0 Å². The molecule has 0 radical (unpaired) electrons. The summed E-state index contributed by atoms with van der Waals surface area (Å²) in [6.07, 6.45) is -3.17. The Morgan fingerprint density at radius 3 is 2.83 bits per heavy atom. The van der Waals surface area contributed by atoms with Gasteiger partial charge in [-0.15, -0.1) is 0 Å². The second-order valence-electron chi connectivity index (χ2n) is 5.14. The maximum absolute atomic E-state index is 12.6. The van der Waals surface area contributed by atoms with Gasteiger partial charge in [0.1, 0.15) is 0 Å². The van der Waals surface area contributed by atoms with Gasteiger partial charge in [-0.2, -0.15) is 13.2 Å². The highest BCUT2D eigenvalue weighted by Gasteiger charge is 2.37.